The second-order valence-corrected chi connectivity index (χ2v) is 7.28. The molecule has 0 bridgehead atoms. The molecular weight excluding hydrogens is 314 g/mol. The largest absolute Gasteiger partial charge is 0.339 e. The van der Waals surface area contributed by atoms with Crippen LogP contribution < -0.4 is 0 Å². The number of benzene rings is 1. The molecule has 0 unspecified atom stereocenters. The molecule has 3 rings (SSSR count). The molecule has 0 aromatic heterocycles. The summed E-state index contributed by atoms with van der Waals surface area (Å²) in [5, 5.41) is 0. The zero-order chi connectivity index (χ0) is 17.8. The van der Waals surface area contributed by atoms with E-state index in [1.807, 2.05) is 28.0 Å². The van der Waals surface area contributed by atoms with E-state index in [4.69, 9.17) is 0 Å². The van der Waals surface area contributed by atoms with Gasteiger partial charge in [0.1, 0.15) is 0 Å². The summed E-state index contributed by atoms with van der Waals surface area (Å²) in [6.07, 6.45) is 2.12. The molecule has 2 aliphatic heterocycles. The van der Waals surface area contributed by atoms with Crippen LogP contribution in [0.2, 0.25) is 0 Å². The Balaban J connectivity index is 1.67. The van der Waals surface area contributed by atoms with Crippen molar-refractivity contribution in [2.45, 2.75) is 26.7 Å². The summed E-state index contributed by atoms with van der Waals surface area (Å²) in [6, 6.07) is 7.25. The highest BCUT2D eigenvalue weighted by molar-refractivity contribution is 5.99. The van der Waals surface area contributed by atoms with Crippen LogP contribution in [0.1, 0.15) is 47.4 Å². The maximum absolute atomic E-state index is 12.8. The predicted molar refractivity (Wildman–Crippen MR) is 98.8 cm³/mol. The first-order valence-corrected chi connectivity index (χ1v) is 9.49. The molecule has 25 heavy (non-hydrogen) atoms. The third kappa shape index (κ3) is 4.21. The summed E-state index contributed by atoms with van der Waals surface area (Å²) >= 11 is 0. The van der Waals surface area contributed by atoms with E-state index in [0.717, 1.165) is 58.7 Å². The number of likely N-dealkylation sites (tertiary alicyclic amines) is 1. The Morgan fingerprint density at radius 3 is 1.96 bits per heavy atom. The summed E-state index contributed by atoms with van der Waals surface area (Å²) in [7, 11) is 0. The van der Waals surface area contributed by atoms with Gasteiger partial charge in [-0.2, -0.15) is 0 Å². The SMILES string of the molecule is CCN1CCN(C(=O)c2cccc(C(=O)N3CCC(C)CC3)c2)CC1. The van der Waals surface area contributed by atoms with Gasteiger partial charge in [0, 0.05) is 50.4 Å². The highest BCUT2D eigenvalue weighted by atomic mass is 16.2. The van der Waals surface area contributed by atoms with Gasteiger partial charge >= 0.3 is 0 Å². The van der Waals surface area contributed by atoms with Crippen molar-refractivity contribution in [1.29, 1.82) is 0 Å². The lowest BCUT2D eigenvalue weighted by Crippen LogP contribution is -2.48. The van der Waals surface area contributed by atoms with Crippen LogP contribution in [-0.4, -0.2) is 72.3 Å². The second kappa shape index (κ2) is 8.00. The number of carbonyl (C=O) groups excluding carboxylic acids is 2. The molecule has 0 radical (unpaired) electrons. The second-order valence-electron chi connectivity index (χ2n) is 7.28. The van der Waals surface area contributed by atoms with E-state index in [0.29, 0.717) is 17.0 Å². The molecule has 2 saturated heterocycles. The molecule has 2 aliphatic rings. The molecule has 0 N–H and O–H groups in total. The molecular formula is C20H29N3O2. The van der Waals surface area contributed by atoms with Crippen molar-refractivity contribution in [2.24, 2.45) is 5.92 Å². The van der Waals surface area contributed by atoms with Gasteiger partial charge in [0.15, 0.2) is 0 Å². The molecule has 2 fully saturated rings. The summed E-state index contributed by atoms with van der Waals surface area (Å²) in [5.74, 6) is 0.786. The normalized spacial score (nSPS) is 19.9. The van der Waals surface area contributed by atoms with E-state index >= 15 is 0 Å². The lowest BCUT2D eigenvalue weighted by molar-refractivity contribution is 0.0643. The van der Waals surface area contributed by atoms with Crippen molar-refractivity contribution in [3.63, 3.8) is 0 Å². The Labute approximate surface area is 150 Å². The van der Waals surface area contributed by atoms with Gasteiger partial charge in [0.25, 0.3) is 11.8 Å². The van der Waals surface area contributed by atoms with Gasteiger partial charge in [0.2, 0.25) is 0 Å². The maximum Gasteiger partial charge on any atom is 0.253 e. The Morgan fingerprint density at radius 2 is 1.44 bits per heavy atom. The first kappa shape index (κ1) is 17.9. The van der Waals surface area contributed by atoms with Gasteiger partial charge in [-0.15, -0.1) is 0 Å². The van der Waals surface area contributed by atoms with E-state index < -0.39 is 0 Å². The molecule has 0 atom stereocenters. The van der Waals surface area contributed by atoms with Crippen molar-refractivity contribution < 1.29 is 9.59 Å². The summed E-state index contributed by atoms with van der Waals surface area (Å²) in [5.41, 5.74) is 1.26. The van der Waals surface area contributed by atoms with Crippen molar-refractivity contribution in [2.75, 3.05) is 45.8 Å². The average molecular weight is 343 g/mol. The maximum atomic E-state index is 12.8. The first-order valence-electron chi connectivity index (χ1n) is 9.49. The quantitative estimate of drug-likeness (QED) is 0.846. The van der Waals surface area contributed by atoms with Crippen LogP contribution >= 0.6 is 0 Å². The van der Waals surface area contributed by atoms with E-state index in [-0.39, 0.29) is 11.8 Å². The Morgan fingerprint density at radius 1 is 0.920 bits per heavy atom. The van der Waals surface area contributed by atoms with Crippen LogP contribution in [0.25, 0.3) is 0 Å². The van der Waals surface area contributed by atoms with Crippen molar-refractivity contribution in [3.05, 3.63) is 35.4 Å². The molecule has 0 spiro atoms. The number of piperazine rings is 1. The minimum atomic E-state index is 0.0395. The number of amides is 2. The van der Waals surface area contributed by atoms with Gasteiger partial charge in [-0.1, -0.05) is 19.9 Å². The fourth-order valence-corrected chi connectivity index (χ4v) is 3.63. The fourth-order valence-electron chi connectivity index (χ4n) is 3.63. The van der Waals surface area contributed by atoms with Crippen molar-refractivity contribution >= 4 is 11.8 Å². The number of nitrogens with zero attached hydrogens (tertiary/aromatic N) is 3. The predicted octanol–water partition coefficient (Wildman–Crippen LogP) is 2.34. The zero-order valence-corrected chi connectivity index (χ0v) is 15.4. The number of hydrogen-bond donors (Lipinski definition) is 0. The average Bonchev–Trinajstić information content (AvgIpc) is 2.67. The molecule has 2 amide bonds. The van der Waals surface area contributed by atoms with Crippen LogP contribution in [0, 0.1) is 5.92 Å². The third-order valence-corrected chi connectivity index (χ3v) is 5.53. The lowest BCUT2D eigenvalue weighted by Gasteiger charge is -2.34. The van der Waals surface area contributed by atoms with Crippen molar-refractivity contribution in [1.82, 2.24) is 14.7 Å². The number of likely N-dealkylation sites (N-methyl/N-ethyl adjacent to an activating group) is 1. The molecule has 136 valence electrons. The Bertz CT molecular complexity index is 615. The standard InChI is InChI=1S/C20H29N3O2/c1-3-21-11-13-23(14-12-21)20(25)18-6-4-5-17(15-18)19(24)22-9-7-16(2)8-10-22/h4-6,15-16H,3,7-14H2,1-2H3. The van der Waals surface area contributed by atoms with Crippen LogP contribution in [0.3, 0.4) is 0 Å². The number of carbonyl (C=O) groups is 2. The third-order valence-electron chi connectivity index (χ3n) is 5.53. The molecule has 5 heteroatoms. The lowest BCUT2D eigenvalue weighted by atomic mass is 9.98. The number of piperidine rings is 1. The fraction of sp³-hybridized carbons (Fsp3) is 0.600. The smallest absolute Gasteiger partial charge is 0.253 e. The van der Waals surface area contributed by atoms with Gasteiger partial charge in [0.05, 0.1) is 0 Å². The van der Waals surface area contributed by atoms with Gasteiger partial charge in [-0.25, -0.2) is 0 Å². The molecule has 2 heterocycles. The van der Waals surface area contributed by atoms with Gasteiger partial charge in [-0.3, -0.25) is 9.59 Å². The van der Waals surface area contributed by atoms with E-state index in [2.05, 4.69) is 18.7 Å². The molecule has 0 saturated carbocycles. The van der Waals surface area contributed by atoms with Gasteiger partial charge in [-0.05, 0) is 43.5 Å². The summed E-state index contributed by atoms with van der Waals surface area (Å²) in [6.45, 7) is 10.4. The van der Waals surface area contributed by atoms with Crippen LogP contribution in [-0.2, 0) is 0 Å². The topological polar surface area (TPSA) is 43.9 Å². The number of hydrogen-bond acceptors (Lipinski definition) is 3. The number of rotatable bonds is 3. The molecule has 0 aliphatic carbocycles. The minimum absolute atomic E-state index is 0.0395. The van der Waals surface area contributed by atoms with E-state index in [9.17, 15) is 9.59 Å². The van der Waals surface area contributed by atoms with Crippen LogP contribution in [0.5, 0.6) is 0 Å². The molecule has 5 nitrogen and oxygen atoms in total. The van der Waals surface area contributed by atoms with Gasteiger partial charge < -0.3 is 14.7 Å². The Hall–Kier alpha value is -1.88. The first-order chi connectivity index (χ1) is 12.1. The zero-order valence-electron chi connectivity index (χ0n) is 15.4. The molecule has 1 aromatic rings. The monoisotopic (exact) mass is 343 g/mol. The summed E-state index contributed by atoms with van der Waals surface area (Å²) in [4.78, 5) is 31.7. The minimum Gasteiger partial charge on any atom is -0.339 e. The summed E-state index contributed by atoms with van der Waals surface area (Å²) < 4.78 is 0. The van der Waals surface area contributed by atoms with E-state index in [1.54, 1.807) is 6.07 Å². The van der Waals surface area contributed by atoms with E-state index in [1.165, 1.54) is 0 Å². The highest BCUT2D eigenvalue weighted by Crippen LogP contribution is 2.19. The van der Waals surface area contributed by atoms with Crippen LogP contribution in [0.4, 0.5) is 0 Å². The van der Waals surface area contributed by atoms with Crippen LogP contribution in [0.15, 0.2) is 24.3 Å². The van der Waals surface area contributed by atoms with Crippen molar-refractivity contribution in [3.8, 4) is 0 Å². The molecule has 1 aromatic carbocycles. The highest BCUT2D eigenvalue weighted by Gasteiger charge is 2.24. The Kier molecular flexibility index (Phi) is 5.74.